The molecule has 4 heteroatoms. The summed E-state index contributed by atoms with van der Waals surface area (Å²) in [5.74, 6) is 0.331. The van der Waals surface area contributed by atoms with Crippen molar-refractivity contribution in [3.63, 3.8) is 0 Å². The molecule has 3 heterocycles. The Balaban J connectivity index is 1.10. The van der Waals surface area contributed by atoms with Gasteiger partial charge in [0.1, 0.15) is 6.17 Å². The second-order valence-corrected chi connectivity index (χ2v) is 14.2. The quantitative estimate of drug-likeness (QED) is 0.196. The fourth-order valence-corrected chi connectivity index (χ4v) is 9.06. The molecule has 0 fully saturated rings. The Morgan fingerprint density at radius 3 is 2.26 bits per heavy atom. The molecule has 0 amide bonds. The molecule has 1 N–H and O–H groups in total. The molecule has 8 aromatic rings. The van der Waals surface area contributed by atoms with Crippen molar-refractivity contribution in [2.45, 2.75) is 18.5 Å². The van der Waals surface area contributed by atoms with E-state index in [2.05, 4.69) is 180 Å². The van der Waals surface area contributed by atoms with Crippen molar-refractivity contribution in [3.8, 4) is 5.69 Å². The second-order valence-electron chi connectivity index (χ2n) is 13.2. The Hall–Kier alpha value is -5.97. The Bertz CT molecular complexity index is 2660. The highest BCUT2D eigenvalue weighted by molar-refractivity contribution is 7.26. The molecule has 6 aromatic carbocycles. The summed E-state index contributed by atoms with van der Waals surface area (Å²) >= 11 is 1.86. The third-order valence-corrected chi connectivity index (χ3v) is 11.4. The van der Waals surface area contributed by atoms with Crippen LogP contribution in [0.15, 0.2) is 169 Å². The lowest BCUT2D eigenvalue weighted by molar-refractivity contribution is 0.663. The predicted octanol–water partition coefficient (Wildman–Crippen LogP) is 11.5. The summed E-state index contributed by atoms with van der Waals surface area (Å²) in [6.45, 7) is 0. The number of hydrogen-bond acceptors (Lipinski definition) is 3. The number of hydrogen-bond donors (Lipinski definition) is 1. The molecule has 0 saturated carbocycles. The van der Waals surface area contributed by atoms with Crippen molar-refractivity contribution in [1.82, 2.24) is 9.88 Å². The number of nitrogens with one attached hydrogen (secondary N) is 1. The molecule has 0 radical (unpaired) electrons. The summed E-state index contributed by atoms with van der Waals surface area (Å²) in [7, 11) is 0. The minimum Gasteiger partial charge on any atom is -0.359 e. The zero-order valence-electron chi connectivity index (χ0n) is 27.3. The second kappa shape index (κ2) is 11.9. The van der Waals surface area contributed by atoms with Crippen LogP contribution < -0.4 is 5.32 Å². The van der Waals surface area contributed by atoms with Gasteiger partial charge in [-0.2, -0.15) is 0 Å². The monoisotopic (exact) mass is 659 g/mol. The fraction of sp³-hybridized carbons (Fsp3) is 0.0652. The third-order valence-electron chi connectivity index (χ3n) is 10.2. The SMILES string of the molecule is C1=CC(c2ccccc2)Cc2c1c1ccccc1n2-c1cccc(C2N=C(c3ccccc3)C=C(c3cccc4c3sc3ccccc34)N2)c1. The van der Waals surface area contributed by atoms with Crippen molar-refractivity contribution in [2.75, 3.05) is 0 Å². The van der Waals surface area contributed by atoms with Gasteiger partial charge in [-0.3, -0.25) is 4.99 Å². The van der Waals surface area contributed by atoms with E-state index in [0.717, 1.165) is 34.6 Å². The predicted molar refractivity (Wildman–Crippen MR) is 211 cm³/mol. The Morgan fingerprint density at radius 1 is 0.660 bits per heavy atom. The molecule has 238 valence electrons. The Kier molecular flexibility index (Phi) is 6.88. The fourth-order valence-electron chi connectivity index (χ4n) is 7.83. The van der Waals surface area contributed by atoms with E-state index >= 15 is 0 Å². The topological polar surface area (TPSA) is 29.3 Å². The number of benzene rings is 6. The molecule has 2 unspecified atom stereocenters. The zero-order chi connectivity index (χ0) is 33.0. The molecule has 2 atom stereocenters. The smallest absolute Gasteiger partial charge is 0.145 e. The summed E-state index contributed by atoms with van der Waals surface area (Å²) in [4.78, 5) is 5.36. The third kappa shape index (κ3) is 4.83. The van der Waals surface area contributed by atoms with Gasteiger partial charge in [0.25, 0.3) is 0 Å². The van der Waals surface area contributed by atoms with Gasteiger partial charge in [-0.25, -0.2) is 0 Å². The first-order chi connectivity index (χ1) is 24.8. The average Bonchev–Trinajstić information content (AvgIpc) is 3.74. The van der Waals surface area contributed by atoms with E-state index in [4.69, 9.17) is 4.99 Å². The average molecular weight is 660 g/mol. The van der Waals surface area contributed by atoms with E-state index in [-0.39, 0.29) is 6.17 Å². The highest BCUT2D eigenvalue weighted by atomic mass is 32.1. The summed E-state index contributed by atoms with van der Waals surface area (Å²) in [6.07, 6.45) is 7.62. The van der Waals surface area contributed by atoms with E-state index in [1.165, 1.54) is 53.5 Å². The van der Waals surface area contributed by atoms with Gasteiger partial charge < -0.3 is 9.88 Å². The molecule has 10 rings (SSSR count). The summed E-state index contributed by atoms with van der Waals surface area (Å²) < 4.78 is 5.08. The number of aliphatic imine (C=N–C) groups is 1. The number of para-hydroxylation sites is 1. The van der Waals surface area contributed by atoms with Crippen LogP contribution in [-0.4, -0.2) is 10.3 Å². The zero-order valence-corrected chi connectivity index (χ0v) is 28.1. The Morgan fingerprint density at radius 2 is 1.38 bits per heavy atom. The number of thiophene rings is 1. The van der Waals surface area contributed by atoms with Crippen LogP contribution in [0.2, 0.25) is 0 Å². The normalized spacial score (nSPS) is 17.0. The maximum absolute atomic E-state index is 5.36. The van der Waals surface area contributed by atoms with Crippen molar-refractivity contribution in [3.05, 3.63) is 197 Å². The molecule has 0 bridgehead atoms. The molecule has 2 aromatic heterocycles. The van der Waals surface area contributed by atoms with E-state index < -0.39 is 0 Å². The molecule has 50 heavy (non-hydrogen) atoms. The lowest BCUT2D eigenvalue weighted by atomic mass is 9.88. The van der Waals surface area contributed by atoms with Crippen molar-refractivity contribution in [1.29, 1.82) is 0 Å². The molecule has 1 aliphatic heterocycles. The van der Waals surface area contributed by atoms with Crippen molar-refractivity contribution < 1.29 is 0 Å². The summed E-state index contributed by atoms with van der Waals surface area (Å²) in [6, 6.07) is 54.6. The highest BCUT2D eigenvalue weighted by Crippen LogP contribution is 2.41. The molecule has 0 spiro atoms. The largest absolute Gasteiger partial charge is 0.359 e. The lowest BCUT2D eigenvalue weighted by Crippen LogP contribution is -2.25. The van der Waals surface area contributed by atoms with Crippen molar-refractivity contribution >= 4 is 59.9 Å². The van der Waals surface area contributed by atoms with Gasteiger partial charge in [0, 0.05) is 59.7 Å². The van der Waals surface area contributed by atoms with Crippen LogP contribution in [0.4, 0.5) is 0 Å². The maximum atomic E-state index is 5.36. The molecule has 0 saturated heterocycles. The number of nitrogens with zero attached hydrogens (tertiary/aromatic N) is 2. The number of aromatic nitrogens is 1. The molecular weight excluding hydrogens is 627 g/mol. The summed E-state index contributed by atoms with van der Waals surface area (Å²) in [5, 5.41) is 7.77. The van der Waals surface area contributed by atoms with E-state index in [1.807, 2.05) is 11.3 Å². The standard InChI is InChI=1S/C46H33N3S/c1-3-13-30(14-4-1)32-25-26-36-35-19-7-9-23-42(35)49(43(36)28-32)34-18-11-17-33(27-34)46-47-40(31-15-5-2-6-16-31)29-41(48-46)39-22-12-21-38-37-20-8-10-24-44(37)50-45(38)39/h1-27,29,32,46,48H,28H2. The van der Waals surface area contributed by atoms with Crippen LogP contribution in [-0.2, 0) is 6.42 Å². The van der Waals surface area contributed by atoms with E-state index in [9.17, 15) is 0 Å². The minimum absolute atomic E-state index is 0.260. The van der Waals surface area contributed by atoms with Gasteiger partial charge in [0.05, 0.1) is 11.2 Å². The number of allylic oxidation sites excluding steroid dienone is 2. The molecule has 2 aliphatic rings. The maximum Gasteiger partial charge on any atom is 0.145 e. The highest BCUT2D eigenvalue weighted by Gasteiger charge is 2.26. The molecule has 3 nitrogen and oxygen atoms in total. The van der Waals surface area contributed by atoms with Crippen LogP contribution in [0, 0.1) is 0 Å². The molecule has 1 aliphatic carbocycles. The van der Waals surface area contributed by atoms with Crippen LogP contribution in [0.1, 0.15) is 45.6 Å². The van der Waals surface area contributed by atoms with E-state index in [1.54, 1.807) is 0 Å². The van der Waals surface area contributed by atoms with Crippen LogP contribution >= 0.6 is 11.3 Å². The molecular formula is C46H33N3S. The minimum atomic E-state index is -0.260. The van der Waals surface area contributed by atoms with Crippen LogP contribution in [0.3, 0.4) is 0 Å². The van der Waals surface area contributed by atoms with Crippen LogP contribution in [0.25, 0.3) is 48.5 Å². The van der Waals surface area contributed by atoms with E-state index in [0.29, 0.717) is 5.92 Å². The van der Waals surface area contributed by atoms with Gasteiger partial charge in [0.15, 0.2) is 0 Å². The van der Waals surface area contributed by atoms with Gasteiger partial charge in [-0.15, -0.1) is 11.3 Å². The first kappa shape index (κ1) is 29.0. The first-order valence-corrected chi connectivity index (χ1v) is 18.1. The Labute approximate surface area is 295 Å². The summed E-state index contributed by atoms with van der Waals surface area (Å²) in [5.41, 5.74) is 11.9. The van der Waals surface area contributed by atoms with Crippen molar-refractivity contribution in [2.24, 2.45) is 4.99 Å². The number of fused-ring (bicyclic) bond motifs is 6. The van der Waals surface area contributed by atoms with Gasteiger partial charge in [-0.1, -0.05) is 140 Å². The van der Waals surface area contributed by atoms with Gasteiger partial charge in [-0.05, 0) is 53.5 Å². The lowest BCUT2D eigenvalue weighted by Gasteiger charge is -2.26. The first-order valence-electron chi connectivity index (χ1n) is 17.3. The van der Waals surface area contributed by atoms with Crippen LogP contribution in [0.5, 0.6) is 0 Å². The van der Waals surface area contributed by atoms with Gasteiger partial charge in [0.2, 0.25) is 0 Å². The van der Waals surface area contributed by atoms with Gasteiger partial charge >= 0.3 is 0 Å². The number of rotatable bonds is 5.